The molecule has 4 rings (SSSR count). The second kappa shape index (κ2) is 35.4. The van der Waals surface area contributed by atoms with Crippen LogP contribution < -0.4 is 0 Å². The normalized spacial score (nSPS) is 11.0. The zero-order valence-corrected chi connectivity index (χ0v) is 62.1. The smallest absolute Gasteiger partial charge is 0.227 e. The number of oxazole rings is 1. The topological polar surface area (TPSA) is 46.3 Å². The highest BCUT2D eigenvalue weighted by molar-refractivity contribution is 8.79. The number of hydrogen-bond donors (Lipinski definition) is 1. The Kier molecular flexibility index (Phi) is 34.9. The van der Waals surface area contributed by atoms with Crippen LogP contribution in [0.15, 0.2) is 59.0 Å². The highest BCUT2D eigenvalue weighted by Crippen LogP contribution is 2.38. The maximum Gasteiger partial charge on any atom is 0.227 e. The van der Waals surface area contributed by atoms with Gasteiger partial charge in [0, 0.05) is 256 Å². The first-order valence-electron chi connectivity index (χ1n) is 19.6. The molecular formula is C39H55NO2S27. The van der Waals surface area contributed by atoms with Gasteiger partial charge in [0.25, 0.3) is 0 Å². The van der Waals surface area contributed by atoms with Crippen LogP contribution in [0.2, 0.25) is 0 Å². The van der Waals surface area contributed by atoms with Crippen molar-refractivity contribution in [3.8, 4) is 17.2 Å². The van der Waals surface area contributed by atoms with Crippen LogP contribution in [0.5, 0.6) is 5.75 Å². The SMILES string of the molecule is CC(C)(C)c1cc(O)cc(C(C)(C)C)c1.CC(C)(C)c1ccc(-c2nc3cc(C(C)(C)C)cc(C(C)(C)C)c3o2)cc1.S=S=S=S=S=S=S=S=S=S=S=S=S=S=S=S=S=S=S=S=S=S=S=S=S=S=S. The Labute approximate surface area is 492 Å². The maximum atomic E-state index is 9.72. The Bertz CT molecular complexity index is 3480. The standard InChI is InChI=1S/C25H33NO.C14H22O.S27/c1-23(2,3)17-12-10-16(11-13-17)22-26-20-15-18(24(4,5)6)14-19(21(20)27-22)25(7,8)9;1-13(2,3)10-7-11(14(4,5)6)9-12(15)8-10;1-3-5-7-9-11-13-15-17-19-21-23-25-27-26-24-22-20-18-16-14-12-10-8-6-4-2/h10-15H,1-9H3;7-9,15H,1-6H3;. The van der Waals surface area contributed by atoms with Gasteiger partial charge in [0.15, 0.2) is 5.58 Å². The molecule has 30 heteroatoms. The molecule has 0 radical (unpaired) electrons. The first kappa shape index (κ1) is 68.0. The molecule has 0 amide bonds. The van der Waals surface area contributed by atoms with E-state index in [4.69, 9.17) is 31.8 Å². The molecule has 0 spiro atoms. The molecule has 3 nitrogen and oxygen atoms in total. The summed E-state index contributed by atoms with van der Waals surface area (Å²) in [5.41, 5.74) is 9.45. The van der Waals surface area contributed by atoms with Gasteiger partial charge < -0.3 is 9.52 Å². The van der Waals surface area contributed by atoms with E-state index >= 15 is 0 Å². The molecule has 0 aliphatic heterocycles. The van der Waals surface area contributed by atoms with E-state index in [0.29, 0.717) is 11.6 Å². The number of benzene rings is 3. The van der Waals surface area contributed by atoms with Crippen molar-refractivity contribution in [1.82, 2.24) is 4.98 Å². The summed E-state index contributed by atoms with van der Waals surface area (Å²) in [6, 6.07) is 19.0. The van der Waals surface area contributed by atoms with Gasteiger partial charge in [0.1, 0.15) is 11.3 Å². The average molecular weight is 1440 g/mol. The molecule has 1 aromatic heterocycles. The second-order valence-electron chi connectivity index (χ2n) is 18.7. The van der Waals surface area contributed by atoms with Crippen LogP contribution in [0, 0.1) is 0 Å². The fraction of sp³-hybridized carbons (Fsp3) is 0.513. The summed E-state index contributed by atoms with van der Waals surface area (Å²) in [7, 11) is 43.6. The van der Waals surface area contributed by atoms with E-state index in [2.05, 4.69) is 146 Å². The minimum atomic E-state index is -0.00753. The predicted octanol–water partition coefficient (Wildman–Crippen LogP) is 11.3. The molecule has 3 aromatic carbocycles. The largest absolute Gasteiger partial charge is 0.508 e. The Balaban J connectivity index is 0.000000370. The Morgan fingerprint density at radius 2 is 0.681 bits per heavy atom. The number of nitrogens with zero attached hydrogens (tertiary/aromatic N) is 1. The first-order valence-corrected chi connectivity index (χ1v) is 54.3. The Morgan fingerprint density at radius 1 is 0.377 bits per heavy atom. The van der Waals surface area contributed by atoms with Gasteiger partial charge in [-0.2, -0.15) is 0 Å². The zero-order valence-electron chi connectivity index (χ0n) is 40.0. The lowest BCUT2D eigenvalue weighted by Gasteiger charge is -2.25. The second-order valence-corrected chi connectivity index (χ2v) is 62.9. The molecule has 69 heavy (non-hydrogen) atoms. The van der Waals surface area contributed by atoms with Gasteiger partial charge in [-0.1, -0.05) is 128 Å². The summed E-state index contributed by atoms with van der Waals surface area (Å²) in [6.07, 6.45) is 0. The van der Waals surface area contributed by atoms with Crippen molar-refractivity contribution in [2.45, 2.75) is 131 Å². The number of phenols is 1. The van der Waals surface area contributed by atoms with E-state index < -0.39 is 0 Å². The molecule has 0 saturated carbocycles. The van der Waals surface area contributed by atoms with Crippen molar-refractivity contribution in [1.29, 1.82) is 0 Å². The summed E-state index contributed by atoms with van der Waals surface area (Å²) >= 11 is 9.56. The van der Waals surface area contributed by atoms with Gasteiger partial charge in [-0.3, -0.25) is 0 Å². The molecule has 0 unspecified atom stereocenters. The summed E-state index contributed by atoms with van der Waals surface area (Å²) in [6.45, 7) is 33.1. The molecule has 0 atom stereocenters. The van der Waals surface area contributed by atoms with Crippen LogP contribution in [0.1, 0.15) is 132 Å². The zero-order chi connectivity index (χ0) is 51.7. The molecule has 1 N–H and O–H groups in total. The van der Waals surface area contributed by atoms with Crippen LogP contribution in [0.3, 0.4) is 0 Å². The summed E-state index contributed by atoms with van der Waals surface area (Å²) in [4.78, 5) is 4.86. The minimum Gasteiger partial charge on any atom is -0.508 e. The quantitative estimate of drug-likeness (QED) is 0.206. The number of fused-ring (bicyclic) bond motifs is 1. The monoisotopic (exact) mass is 1430 g/mol. The van der Waals surface area contributed by atoms with E-state index in [1.54, 1.807) is 124 Å². The molecule has 4 aromatic rings. The number of hydrogen-bond acceptors (Lipinski definition) is 5. The van der Waals surface area contributed by atoms with Crippen molar-refractivity contribution in [3.63, 3.8) is 0 Å². The van der Waals surface area contributed by atoms with Crippen molar-refractivity contribution < 1.29 is 9.52 Å². The lowest BCUT2D eigenvalue weighted by molar-refractivity contribution is 0.466. The number of rotatable bonds is 1. The number of aromatic nitrogens is 1. The van der Waals surface area contributed by atoms with E-state index in [1.165, 1.54) is 45.6 Å². The molecular weight excluding hydrogens is 1380 g/mol. The predicted molar refractivity (Wildman–Crippen MR) is 380 cm³/mol. The fourth-order valence-corrected chi connectivity index (χ4v) is 68.1. The first-order chi connectivity index (χ1) is 32.3. The highest BCUT2D eigenvalue weighted by Gasteiger charge is 2.26. The maximum absolute atomic E-state index is 9.72. The number of phenolic OH excluding ortho intramolecular Hbond substituents is 1. The third-order valence-corrected chi connectivity index (χ3v) is 61.8. The van der Waals surface area contributed by atoms with Crippen molar-refractivity contribution in [3.05, 3.63) is 82.4 Å². The van der Waals surface area contributed by atoms with Crippen molar-refractivity contribution in [2.24, 2.45) is 0 Å². The van der Waals surface area contributed by atoms with E-state index in [-0.39, 0.29) is 27.1 Å². The molecule has 0 aliphatic carbocycles. The molecule has 390 valence electrons. The highest BCUT2D eigenvalue weighted by atomic mass is 33.5. The van der Waals surface area contributed by atoms with Crippen LogP contribution in [-0.4, -0.2) is 10.1 Å². The van der Waals surface area contributed by atoms with E-state index in [1.807, 2.05) is 92.1 Å². The lowest BCUT2D eigenvalue weighted by atomic mass is 9.80. The van der Waals surface area contributed by atoms with Crippen molar-refractivity contribution >= 4 is 255 Å². The van der Waals surface area contributed by atoms with Crippen LogP contribution in [0.25, 0.3) is 22.6 Å². The van der Waals surface area contributed by atoms with Gasteiger partial charge in [0.05, 0.1) is 0 Å². The minimum absolute atomic E-state index is 0.00753. The third kappa shape index (κ3) is 29.4. The van der Waals surface area contributed by atoms with Gasteiger partial charge in [-0.25, -0.2) is 4.98 Å². The van der Waals surface area contributed by atoms with E-state index in [0.717, 1.165) is 16.7 Å². The van der Waals surface area contributed by atoms with E-state index in [9.17, 15) is 5.11 Å². The van der Waals surface area contributed by atoms with Crippen molar-refractivity contribution in [2.75, 3.05) is 0 Å². The van der Waals surface area contributed by atoms with Crippen LogP contribution in [-0.2, 0) is 271 Å². The van der Waals surface area contributed by atoms with Gasteiger partial charge in [-0.05, 0) is 79.7 Å². The van der Waals surface area contributed by atoms with Gasteiger partial charge in [0.2, 0.25) is 5.89 Å². The van der Waals surface area contributed by atoms with Gasteiger partial charge in [-0.15, -0.1) is 0 Å². The van der Waals surface area contributed by atoms with Gasteiger partial charge >= 0.3 is 0 Å². The summed E-state index contributed by atoms with van der Waals surface area (Å²) in [5.74, 6) is 1.06. The molecule has 1 heterocycles. The summed E-state index contributed by atoms with van der Waals surface area (Å²) in [5, 5.41) is 9.72. The van der Waals surface area contributed by atoms with Crippen LogP contribution in [0.4, 0.5) is 0 Å². The number of aromatic hydroxyl groups is 1. The van der Waals surface area contributed by atoms with Crippen LogP contribution >= 0.6 is 0 Å². The fourth-order valence-electron chi connectivity index (χ4n) is 5.00. The third-order valence-electron chi connectivity index (χ3n) is 8.48. The molecule has 0 saturated heterocycles. The lowest BCUT2D eigenvalue weighted by Crippen LogP contribution is -2.16. The molecule has 0 fully saturated rings. The Hall–Kier alpha value is 2.87. The Morgan fingerprint density at radius 3 is 0.971 bits per heavy atom. The average Bonchev–Trinajstić information content (AvgIpc) is 3.70. The molecule has 0 aliphatic rings. The summed E-state index contributed by atoms with van der Waals surface area (Å²) < 4.78 is 6.29. The molecule has 0 bridgehead atoms.